The average molecular weight is 398 g/mol. The summed E-state index contributed by atoms with van der Waals surface area (Å²) in [6, 6.07) is 4.97. The predicted octanol–water partition coefficient (Wildman–Crippen LogP) is 3.00. The molecule has 1 aromatic carbocycles. The van der Waals surface area contributed by atoms with Gasteiger partial charge in [-0.15, -0.1) is 0 Å². The SMILES string of the molecule is CSCCC(C(=O)O)N1C(=O)/C(=C/c2ccccc2[N+](=O)[O-])SC1=S. The van der Waals surface area contributed by atoms with Gasteiger partial charge in [0.05, 0.1) is 15.4 Å². The second-order valence-corrected chi connectivity index (χ2v) is 7.66. The number of nitro benzene ring substituents is 1. The third-order valence-corrected chi connectivity index (χ3v) is 5.41. The van der Waals surface area contributed by atoms with Crippen molar-refractivity contribution in [1.82, 2.24) is 4.90 Å². The van der Waals surface area contributed by atoms with Crippen LogP contribution in [0, 0.1) is 10.1 Å². The fourth-order valence-electron chi connectivity index (χ4n) is 2.26. The maximum atomic E-state index is 12.6. The van der Waals surface area contributed by atoms with Crippen molar-refractivity contribution in [1.29, 1.82) is 0 Å². The maximum Gasteiger partial charge on any atom is 0.326 e. The number of para-hydroxylation sites is 1. The number of nitrogens with zero attached hydrogens (tertiary/aromatic N) is 2. The number of nitro groups is 1. The van der Waals surface area contributed by atoms with E-state index in [1.807, 2.05) is 6.26 Å². The summed E-state index contributed by atoms with van der Waals surface area (Å²) < 4.78 is 0.142. The van der Waals surface area contributed by atoms with Crippen molar-refractivity contribution in [2.45, 2.75) is 12.5 Å². The average Bonchev–Trinajstić information content (AvgIpc) is 2.83. The third kappa shape index (κ3) is 4.39. The van der Waals surface area contributed by atoms with Crippen molar-refractivity contribution in [3.8, 4) is 0 Å². The molecule has 0 spiro atoms. The molecule has 1 aliphatic rings. The molecule has 1 N–H and O–H groups in total. The minimum atomic E-state index is -1.13. The zero-order chi connectivity index (χ0) is 18.6. The van der Waals surface area contributed by atoms with Crippen LogP contribution in [0.5, 0.6) is 0 Å². The van der Waals surface area contributed by atoms with Crippen molar-refractivity contribution in [3.05, 3.63) is 44.8 Å². The first kappa shape index (κ1) is 19.4. The van der Waals surface area contributed by atoms with E-state index in [9.17, 15) is 24.8 Å². The largest absolute Gasteiger partial charge is 0.480 e. The number of thioether (sulfide) groups is 2. The van der Waals surface area contributed by atoms with Crippen LogP contribution in [0.15, 0.2) is 29.2 Å². The second-order valence-electron chi connectivity index (χ2n) is 5.00. The Morgan fingerprint density at radius 2 is 2.20 bits per heavy atom. The smallest absolute Gasteiger partial charge is 0.326 e. The second kappa shape index (κ2) is 8.45. The number of rotatable bonds is 7. The number of carboxylic acids is 1. The molecule has 1 unspecified atom stereocenters. The van der Waals surface area contributed by atoms with Gasteiger partial charge in [-0.05, 0) is 30.6 Å². The zero-order valence-corrected chi connectivity index (χ0v) is 15.5. The van der Waals surface area contributed by atoms with Crippen molar-refractivity contribution in [3.63, 3.8) is 0 Å². The van der Waals surface area contributed by atoms with Crippen LogP contribution < -0.4 is 0 Å². The number of carbonyl (C=O) groups excluding carboxylic acids is 1. The highest BCUT2D eigenvalue weighted by Crippen LogP contribution is 2.36. The molecule has 0 aliphatic carbocycles. The summed E-state index contributed by atoms with van der Waals surface area (Å²) in [5.74, 6) is -1.10. The normalized spacial score (nSPS) is 17.2. The maximum absolute atomic E-state index is 12.6. The molecule has 0 bridgehead atoms. The summed E-state index contributed by atoms with van der Waals surface area (Å²) >= 11 is 7.59. The molecule has 132 valence electrons. The fourth-order valence-corrected chi connectivity index (χ4v) is 4.06. The molecule has 1 amide bonds. The molecular weight excluding hydrogens is 384 g/mol. The molecule has 7 nitrogen and oxygen atoms in total. The Morgan fingerprint density at radius 3 is 2.80 bits per heavy atom. The lowest BCUT2D eigenvalue weighted by Crippen LogP contribution is -2.44. The lowest BCUT2D eigenvalue weighted by molar-refractivity contribution is -0.385. The van der Waals surface area contributed by atoms with Crippen molar-refractivity contribution >= 4 is 63.7 Å². The molecular formula is C15H14N2O5S3. The van der Waals surface area contributed by atoms with Gasteiger partial charge in [-0.25, -0.2) is 4.79 Å². The summed E-state index contributed by atoms with van der Waals surface area (Å²) in [6.07, 6.45) is 3.49. The first-order chi connectivity index (χ1) is 11.9. The van der Waals surface area contributed by atoms with Crippen molar-refractivity contribution < 1.29 is 19.6 Å². The number of amides is 1. The van der Waals surface area contributed by atoms with E-state index < -0.39 is 22.8 Å². The Morgan fingerprint density at radius 1 is 1.52 bits per heavy atom. The van der Waals surface area contributed by atoms with E-state index in [0.717, 1.165) is 16.7 Å². The topological polar surface area (TPSA) is 101 Å². The van der Waals surface area contributed by atoms with Gasteiger partial charge < -0.3 is 5.11 Å². The van der Waals surface area contributed by atoms with Crippen LogP contribution in [-0.4, -0.2) is 49.2 Å². The van der Waals surface area contributed by atoms with Crippen LogP contribution in [0.3, 0.4) is 0 Å². The molecule has 1 heterocycles. The van der Waals surface area contributed by atoms with E-state index in [1.165, 1.54) is 36.0 Å². The Labute approximate surface area is 157 Å². The molecule has 10 heteroatoms. The fraction of sp³-hybridized carbons (Fsp3) is 0.267. The summed E-state index contributed by atoms with van der Waals surface area (Å²) in [6.45, 7) is 0. The molecule has 1 fully saturated rings. The van der Waals surface area contributed by atoms with Gasteiger partial charge in [0.1, 0.15) is 10.4 Å². The molecule has 1 saturated heterocycles. The molecule has 0 saturated carbocycles. The lowest BCUT2D eigenvalue weighted by atomic mass is 10.1. The van der Waals surface area contributed by atoms with Gasteiger partial charge in [-0.3, -0.25) is 19.8 Å². The van der Waals surface area contributed by atoms with Crippen LogP contribution in [-0.2, 0) is 9.59 Å². The Balaban J connectivity index is 2.35. The van der Waals surface area contributed by atoms with Crippen LogP contribution in [0.2, 0.25) is 0 Å². The lowest BCUT2D eigenvalue weighted by Gasteiger charge is -2.22. The van der Waals surface area contributed by atoms with E-state index in [4.69, 9.17) is 12.2 Å². The molecule has 25 heavy (non-hydrogen) atoms. The van der Waals surface area contributed by atoms with Crippen LogP contribution in [0.4, 0.5) is 5.69 Å². The first-order valence-corrected chi connectivity index (χ1v) is 9.71. The minimum absolute atomic E-state index is 0.134. The molecule has 2 rings (SSSR count). The standard InChI is InChI=1S/C15H14N2O5S3/c1-24-7-6-11(14(19)20)16-13(18)12(25-15(16)23)8-9-4-2-3-5-10(9)17(21)22/h2-5,8,11H,6-7H2,1H3,(H,19,20)/b12-8-. The monoisotopic (exact) mass is 398 g/mol. The summed E-state index contributed by atoms with van der Waals surface area (Å²) in [7, 11) is 0. The number of aliphatic carboxylic acids is 1. The van der Waals surface area contributed by atoms with E-state index >= 15 is 0 Å². The third-order valence-electron chi connectivity index (χ3n) is 3.44. The van der Waals surface area contributed by atoms with Crippen LogP contribution in [0.1, 0.15) is 12.0 Å². The number of thiocarbonyl (C=S) groups is 1. The van der Waals surface area contributed by atoms with Gasteiger partial charge in [0.25, 0.3) is 11.6 Å². The van der Waals surface area contributed by atoms with E-state index in [0.29, 0.717) is 5.75 Å². The van der Waals surface area contributed by atoms with E-state index in [2.05, 4.69) is 0 Å². The molecule has 1 atom stereocenters. The number of carbonyl (C=O) groups is 2. The van der Waals surface area contributed by atoms with Gasteiger partial charge in [0.15, 0.2) is 0 Å². The van der Waals surface area contributed by atoms with Gasteiger partial charge in [-0.2, -0.15) is 11.8 Å². The van der Waals surface area contributed by atoms with Crippen LogP contribution >= 0.6 is 35.7 Å². The number of carboxylic acid groups (broad SMARTS) is 1. The highest BCUT2D eigenvalue weighted by molar-refractivity contribution is 8.26. The number of hydrogen-bond donors (Lipinski definition) is 1. The first-order valence-electron chi connectivity index (χ1n) is 7.09. The summed E-state index contributed by atoms with van der Waals surface area (Å²) in [5, 5.41) is 20.5. The Kier molecular flexibility index (Phi) is 6.57. The molecule has 1 aromatic rings. The van der Waals surface area contributed by atoms with E-state index in [-0.39, 0.29) is 26.9 Å². The van der Waals surface area contributed by atoms with E-state index in [1.54, 1.807) is 6.07 Å². The van der Waals surface area contributed by atoms with Crippen molar-refractivity contribution in [2.75, 3.05) is 12.0 Å². The van der Waals surface area contributed by atoms with Crippen LogP contribution in [0.25, 0.3) is 6.08 Å². The van der Waals surface area contributed by atoms with Crippen molar-refractivity contribution in [2.24, 2.45) is 0 Å². The Hall–Kier alpha value is -1.91. The summed E-state index contributed by atoms with van der Waals surface area (Å²) in [5.41, 5.74) is 0.133. The van der Waals surface area contributed by atoms with Gasteiger partial charge in [0, 0.05) is 6.07 Å². The molecule has 0 radical (unpaired) electrons. The molecule has 0 aromatic heterocycles. The minimum Gasteiger partial charge on any atom is -0.480 e. The number of hydrogen-bond acceptors (Lipinski definition) is 7. The molecule has 1 aliphatic heterocycles. The quantitative estimate of drug-likeness (QED) is 0.324. The number of benzene rings is 1. The highest BCUT2D eigenvalue weighted by atomic mass is 32.2. The summed E-state index contributed by atoms with van der Waals surface area (Å²) in [4.78, 5) is 35.9. The van der Waals surface area contributed by atoms with Gasteiger partial charge in [0.2, 0.25) is 0 Å². The van der Waals surface area contributed by atoms with Gasteiger partial charge in [-0.1, -0.05) is 36.1 Å². The highest BCUT2D eigenvalue weighted by Gasteiger charge is 2.40. The zero-order valence-electron chi connectivity index (χ0n) is 13.1. The predicted molar refractivity (Wildman–Crippen MR) is 103 cm³/mol. The van der Waals surface area contributed by atoms with Gasteiger partial charge >= 0.3 is 5.97 Å². The Bertz CT molecular complexity index is 765.